The van der Waals surface area contributed by atoms with Gasteiger partial charge in [-0.25, -0.2) is 15.0 Å². The summed E-state index contributed by atoms with van der Waals surface area (Å²) in [6, 6.07) is 0.153. The van der Waals surface area contributed by atoms with Crippen LogP contribution in [0, 0.1) is 0 Å². The van der Waals surface area contributed by atoms with Gasteiger partial charge in [-0.05, 0) is 6.42 Å². The number of rotatable bonds is 8. The van der Waals surface area contributed by atoms with Gasteiger partial charge < -0.3 is 35.1 Å². The molecular formula is C16H22N6O6. The van der Waals surface area contributed by atoms with Crippen molar-refractivity contribution in [3.05, 3.63) is 12.7 Å². The average Bonchev–Trinajstić information content (AvgIpc) is 3.42. The average molecular weight is 394 g/mol. The van der Waals surface area contributed by atoms with Gasteiger partial charge in [-0.15, -0.1) is 0 Å². The maximum atomic E-state index is 10.4. The monoisotopic (exact) mass is 394 g/mol. The second-order valence-electron chi connectivity index (χ2n) is 6.63. The van der Waals surface area contributed by atoms with E-state index in [-0.39, 0.29) is 19.4 Å². The first-order chi connectivity index (χ1) is 13.7. The van der Waals surface area contributed by atoms with Crippen molar-refractivity contribution in [2.75, 3.05) is 31.9 Å². The second kappa shape index (κ2) is 8.32. The molecule has 2 aliphatic rings. The van der Waals surface area contributed by atoms with Crippen LogP contribution in [-0.2, 0) is 19.0 Å². The molecule has 12 heteroatoms. The number of imidazole rings is 1. The van der Waals surface area contributed by atoms with E-state index in [4.69, 9.17) is 14.2 Å². The molecule has 0 aromatic carbocycles. The first kappa shape index (κ1) is 19.0. The standard InChI is InChI=1S/C16H22N6O6/c23-7-17-8-27-4-10-12(24)13(25)16(28-10)22-6-20-11-14(18-5-19-15(11)22)21-9-1-2-26-3-9/h5-7,9-10,12-13,16,24-25H,1-4,8H2,(H,17,23)(H,18,19,21)/t9-,10-,12-,13-,16?/m1/s1. The molecule has 2 aromatic rings. The second-order valence-corrected chi connectivity index (χ2v) is 6.63. The number of ether oxygens (including phenoxy) is 3. The molecule has 4 N–H and O–H groups in total. The Labute approximate surface area is 159 Å². The van der Waals surface area contributed by atoms with Crippen molar-refractivity contribution in [2.45, 2.75) is 37.0 Å². The Hall–Kier alpha value is -2.38. The van der Waals surface area contributed by atoms with Gasteiger partial charge in [0.15, 0.2) is 23.2 Å². The van der Waals surface area contributed by atoms with Crippen LogP contribution in [0.15, 0.2) is 12.7 Å². The third-order valence-electron chi connectivity index (χ3n) is 4.79. The van der Waals surface area contributed by atoms with Crippen molar-refractivity contribution in [3.8, 4) is 0 Å². The summed E-state index contributed by atoms with van der Waals surface area (Å²) < 4.78 is 17.9. The summed E-state index contributed by atoms with van der Waals surface area (Å²) in [4.78, 5) is 23.1. The summed E-state index contributed by atoms with van der Waals surface area (Å²) in [5.41, 5.74) is 1.01. The smallest absolute Gasteiger partial charge is 0.208 e. The minimum absolute atomic E-state index is 0.00562. The molecule has 0 radical (unpaired) electrons. The van der Waals surface area contributed by atoms with E-state index in [9.17, 15) is 15.0 Å². The van der Waals surface area contributed by atoms with Crippen LogP contribution in [-0.4, -0.2) is 87.0 Å². The van der Waals surface area contributed by atoms with Crippen LogP contribution >= 0.6 is 0 Å². The van der Waals surface area contributed by atoms with E-state index < -0.39 is 24.5 Å². The van der Waals surface area contributed by atoms with Crippen LogP contribution in [0.4, 0.5) is 5.82 Å². The molecular weight excluding hydrogens is 372 g/mol. The molecule has 5 atom stereocenters. The topological polar surface area (TPSA) is 153 Å². The van der Waals surface area contributed by atoms with E-state index in [1.807, 2.05) is 0 Å². The molecule has 12 nitrogen and oxygen atoms in total. The van der Waals surface area contributed by atoms with Crippen molar-refractivity contribution < 1.29 is 29.2 Å². The molecule has 2 saturated heterocycles. The lowest BCUT2D eigenvalue weighted by Crippen LogP contribution is -2.34. The number of nitrogens with one attached hydrogen (secondary N) is 2. The number of carbonyl (C=O) groups excluding carboxylic acids is 1. The normalized spacial score (nSPS) is 30.0. The maximum absolute atomic E-state index is 10.4. The molecule has 0 saturated carbocycles. The number of aromatic nitrogens is 4. The lowest BCUT2D eigenvalue weighted by molar-refractivity contribution is -0.112. The Morgan fingerprint density at radius 2 is 2.21 bits per heavy atom. The summed E-state index contributed by atoms with van der Waals surface area (Å²) in [5, 5.41) is 26.3. The van der Waals surface area contributed by atoms with Crippen molar-refractivity contribution in [3.63, 3.8) is 0 Å². The largest absolute Gasteiger partial charge is 0.387 e. The number of hydrogen-bond donors (Lipinski definition) is 4. The Morgan fingerprint density at radius 1 is 1.32 bits per heavy atom. The number of aliphatic hydroxyl groups excluding tert-OH is 2. The molecule has 2 fully saturated rings. The van der Waals surface area contributed by atoms with Crippen LogP contribution < -0.4 is 10.6 Å². The van der Waals surface area contributed by atoms with E-state index in [2.05, 4.69) is 25.6 Å². The summed E-state index contributed by atoms with van der Waals surface area (Å²) in [5.74, 6) is 0.576. The van der Waals surface area contributed by atoms with Crippen molar-refractivity contribution in [1.29, 1.82) is 0 Å². The van der Waals surface area contributed by atoms with Crippen LogP contribution in [0.5, 0.6) is 0 Å². The first-order valence-electron chi connectivity index (χ1n) is 8.97. The Bertz CT molecular complexity index is 812. The number of fused-ring (bicyclic) bond motifs is 1. The molecule has 152 valence electrons. The highest BCUT2D eigenvalue weighted by Gasteiger charge is 2.44. The van der Waals surface area contributed by atoms with Gasteiger partial charge in [0, 0.05) is 6.61 Å². The number of amides is 1. The number of hydrogen-bond acceptors (Lipinski definition) is 10. The van der Waals surface area contributed by atoms with Gasteiger partial charge in [-0.2, -0.15) is 0 Å². The summed E-state index contributed by atoms with van der Waals surface area (Å²) >= 11 is 0. The lowest BCUT2D eigenvalue weighted by Gasteiger charge is -2.17. The summed E-state index contributed by atoms with van der Waals surface area (Å²) in [6.45, 7) is 1.29. The highest BCUT2D eigenvalue weighted by Crippen LogP contribution is 2.32. The molecule has 0 aliphatic carbocycles. The van der Waals surface area contributed by atoms with Gasteiger partial charge in [0.1, 0.15) is 31.4 Å². The molecule has 0 bridgehead atoms. The Balaban J connectivity index is 1.51. The number of nitrogens with zero attached hydrogens (tertiary/aromatic N) is 4. The van der Waals surface area contributed by atoms with E-state index in [0.29, 0.717) is 36.6 Å². The van der Waals surface area contributed by atoms with Gasteiger partial charge in [-0.1, -0.05) is 0 Å². The fourth-order valence-corrected chi connectivity index (χ4v) is 3.35. The molecule has 0 spiro atoms. The minimum Gasteiger partial charge on any atom is -0.387 e. The number of anilines is 1. The zero-order valence-corrected chi connectivity index (χ0v) is 15.0. The van der Waals surface area contributed by atoms with E-state index in [1.165, 1.54) is 12.7 Å². The SMILES string of the molecule is O=CNCOC[C@H]1OC(n2cnc3c(N[C@@H]4CCOC4)ncnc32)[C@H](O)[C@@H]1O. The zero-order valence-electron chi connectivity index (χ0n) is 15.0. The predicted octanol–water partition coefficient (Wildman–Crippen LogP) is -1.63. The third kappa shape index (κ3) is 3.64. The Morgan fingerprint density at radius 3 is 3.00 bits per heavy atom. The van der Waals surface area contributed by atoms with Crippen molar-refractivity contribution >= 4 is 23.4 Å². The van der Waals surface area contributed by atoms with Crippen molar-refractivity contribution in [2.24, 2.45) is 0 Å². The molecule has 4 heterocycles. The first-order valence-corrected chi connectivity index (χ1v) is 8.97. The lowest BCUT2D eigenvalue weighted by atomic mass is 10.1. The predicted molar refractivity (Wildman–Crippen MR) is 94.1 cm³/mol. The summed E-state index contributed by atoms with van der Waals surface area (Å²) in [6.07, 6.45) is 0.281. The van der Waals surface area contributed by atoms with Gasteiger partial charge >= 0.3 is 0 Å². The maximum Gasteiger partial charge on any atom is 0.208 e. The van der Waals surface area contributed by atoms with Crippen LogP contribution in [0.2, 0.25) is 0 Å². The number of carbonyl (C=O) groups is 1. The molecule has 1 amide bonds. The van der Waals surface area contributed by atoms with E-state index in [0.717, 1.165) is 6.42 Å². The fraction of sp³-hybridized carbons (Fsp3) is 0.625. The molecule has 1 unspecified atom stereocenters. The third-order valence-corrected chi connectivity index (χ3v) is 4.79. The van der Waals surface area contributed by atoms with Gasteiger partial charge in [-0.3, -0.25) is 9.36 Å². The van der Waals surface area contributed by atoms with Crippen molar-refractivity contribution in [1.82, 2.24) is 24.8 Å². The van der Waals surface area contributed by atoms with Crippen LogP contribution in [0.1, 0.15) is 12.6 Å². The van der Waals surface area contributed by atoms with Crippen LogP contribution in [0.3, 0.4) is 0 Å². The highest BCUT2D eigenvalue weighted by atomic mass is 16.6. The highest BCUT2D eigenvalue weighted by molar-refractivity contribution is 5.82. The Kier molecular flexibility index (Phi) is 5.64. The number of aliphatic hydroxyl groups is 2. The van der Waals surface area contributed by atoms with E-state index >= 15 is 0 Å². The van der Waals surface area contributed by atoms with Gasteiger partial charge in [0.25, 0.3) is 0 Å². The molecule has 2 aromatic heterocycles. The molecule has 28 heavy (non-hydrogen) atoms. The fourth-order valence-electron chi connectivity index (χ4n) is 3.35. The van der Waals surface area contributed by atoms with Crippen LogP contribution in [0.25, 0.3) is 11.2 Å². The summed E-state index contributed by atoms with van der Waals surface area (Å²) in [7, 11) is 0. The van der Waals surface area contributed by atoms with Gasteiger partial charge in [0.2, 0.25) is 6.41 Å². The quantitative estimate of drug-likeness (QED) is 0.233. The zero-order chi connectivity index (χ0) is 19.5. The molecule has 4 rings (SSSR count). The van der Waals surface area contributed by atoms with Gasteiger partial charge in [0.05, 0.1) is 25.6 Å². The minimum atomic E-state index is -1.19. The van der Waals surface area contributed by atoms with E-state index in [1.54, 1.807) is 4.57 Å². The molecule has 2 aliphatic heterocycles.